The summed E-state index contributed by atoms with van der Waals surface area (Å²) in [5, 5.41) is 4.11. The van der Waals surface area contributed by atoms with Crippen LogP contribution in [-0.2, 0) is 13.5 Å². The van der Waals surface area contributed by atoms with E-state index >= 15 is 0 Å². The number of nitrogens with one attached hydrogen (secondary N) is 1. The molecular formula is C14H19FN4O. The number of nitrogens with two attached hydrogens (primary N) is 1. The maximum absolute atomic E-state index is 14.0. The molecular weight excluding hydrogens is 259 g/mol. The number of rotatable bonds is 6. The van der Waals surface area contributed by atoms with Gasteiger partial charge >= 0.3 is 0 Å². The quantitative estimate of drug-likeness (QED) is 0.623. The zero-order valence-electron chi connectivity index (χ0n) is 11.6. The van der Waals surface area contributed by atoms with Crippen molar-refractivity contribution >= 4 is 0 Å². The Bertz CT molecular complexity index is 570. The Morgan fingerprint density at radius 1 is 1.45 bits per heavy atom. The van der Waals surface area contributed by atoms with Gasteiger partial charge in [-0.25, -0.2) is 4.39 Å². The normalized spacial score (nSPS) is 12.4. The fraction of sp³-hybridized carbons (Fsp3) is 0.357. The fourth-order valence-electron chi connectivity index (χ4n) is 2.18. The molecule has 1 aromatic carbocycles. The molecule has 2 rings (SSSR count). The van der Waals surface area contributed by atoms with E-state index in [1.165, 1.54) is 13.2 Å². The van der Waals surface area contributed by atoms with Crippen LogP contribution in [0.25, 0.3) is 0 Å². The molecule has 0 amide bonds. The number of methoxy groups -OCH3 is 1. The Kier molecular flexibility index (Phi) is 4.70. The summed E-state index contributed by atoms with van der Waals surface area (Å²) in [5.41, 5.74) is 4.29. The van der Waals surface area contributed by atoms with Crippen LogP contribution in [0.1, 0.15) is 23.7 Å². The first-order valence-electron chi connectivity index (χ1n) is 6.42. The molecule has 0 aliphatic rings. The van der Waals surface area contributed by atoms with Crippen molar-refractivity contribution in [1.82, 2.24) is 15.2 Å². The third-order valence-electron chi connectivity index (χ3n) is 3.40. The smallest absolute Gasteiger partial charge is 0.131 e. The van der Waals surface area contributed by atoms with Gasteiger partial charge in [0.2, 0.25) is 0 Å². The molecule has 0 saturated heterocycles. The van der Waals surface area contributed by atoms with Gasteiger partial charge in [-0.2, -0.15) is 5.10 Å². The first kappa shape index (κ1) is 14.5. The molecule has 2 aromatic rings. The summed E-state index contributed by atoms with van der Waals surface area (Å²) in [4.78, 5) is 0. The number of hydrogen-bond donors (Lipinski definition) is 2. The van der Waals surface area contributed by atoms with E-state index in [1.807, 2.05) is 13.1 Å². The highest BCUT2D eigenvalue weighted by Gasteiger charge is 2.15. The third-order valence-corrected chi connectivity index (χ3v) is 3.40. The number of aromatic nitrogens is 2. The van der Waals surface area contributed by atoms with Crippen molar-refractivity contribution in [2.75, 3.05) is 7.11 Å². The van der Waals surface area contributed by atoms with Crippen LogP contribution in [0.5, 0.6) is 5.75 Å². The molecule has 6 heteroatoms. The molecule has 1 heterocycles. The lowest BCUT2D eigenvalue weighted by atomic mass is 10.0. The van der Waals surface area contributed by atoms with Gasteiger partial charge in [0.1, 0.15) is 11.6 Å². The van der Waals surface area contributed by atoms with Crippen LogP contribution < -0.4 is 16.0 Å². The van der Waals surface area contributed by atoms with Gasteiger partial charge in [-0.15, -0.1) is 0 Å². The molecule has 3 N–H and O–H groups in total. The molecule has 0 bridgehead atoms. The highest BCUT2D eigenvalue weighted by Crippen LogP contribution is 2.24. The molecule has 0 saturated carbocycles. The summed E-state index contributed by atoms with van der Waals surface area (Å²) in [5.74, 6) is 5.72. The van der Waals surface area contributed by atoms with Crippen LogP contribution in [0.3, 0.4) is 0 Å². The van der Waals surface area contributed by atoms with Crippen molar-refractivity contribution in [3.8, 4) is 5.75 Å². The van der Waals surface area contributed by atoms with Crippen molar-refractivity contribution in [1.29, 1.82) is 0 Å². The average molecular weight is 278 g/mol. The second-order valence-electron chi connectivity index (χ2n) is 4.59. The van der Waals surface area contributed by atoms with E-state index in [0.717, 1.165) is 12.1 Å². The van der Waals surface area contributed by atoms with Gasteiger partial charge in [0.15, 0.2) is 0 Å². The summed E-state index contributed by atoms with van der Waals surface area (Å²) in [6.45, 7) is 0. The summed E-state index contributed by atoms with van der Waals surface area (Å²) in [6, 6.07) is 6.48. The predicted octanol–water partition coefficient (Wildman–Crippen LogP) is 1.70. The monoisotopic (exact) mass is 278 g/mol. The van der Waals surface area contributed by atoms with Gasteiger partial charge in [0, 0.05) is 36.6 Å². The first-order chi connectivity index (χ1) is 9.65. The summed E-state index contributed by atoms with van der Waals surface area (Å²) in [6.07, 6.45) is 3.18. The molecule has 1 aromatic heterocycles. The Morgan fingerprint density at radius 3 is 2.80 bits per heavy atom. The van der Waals surface area contributed by atoms with Gasteiger partial charge in [-0.3, -0.25) is 16.0 Å². The maximum Gasteiger partial charge on any atom is 0.131 e. The molecule has 0 fully saturated rings. The molecule has 0 aliphatic heterocycles. The second kappa shape index (κ2) is 6.49. The minimum atomic E-state index is -0.322. The Balaban J connectivity index is 2.10. The minimum absolute atomic E-state index is 0.254. The number of nitrogens with zero attached hydrogens (tertiary/aromatic N) is 2. The van der Waals surface area contributed by atoms with Crippen molar-refractivity contribution in [2.45, 2.75) is 18.9 Å². The first-order valence-corrected chi connectivity index (χ1v) is 6.42. The predicted molar refractivity (Wildman–Crippen MR) is 74.5 cm³/mol. The maximum atomic E-state index is 14.0. The van der Waals surface area contributed by atoms with Crippen LogP contribution in [0.2, 0.25) is 0 Å². The fourth-order valence-corrected chi connectivity index (χ4v) is 2.18. The van der Waals surface area contributed by atoms with Crippen LogP contribution in [0, 0.1) is 5.82 Å². The standard InChI is InChI=1S/C14H19FN4O/c1-19-10(7-8-17-19)3-6-14(18-16)12-5-4-11(20-2)9-13(12)15/h4-5,7-9,14,18H,3,6,16H2,1-2H3. The van der Waals surface area contributed by atoms with Gasteiger partial charge in [0.25, 0.3) is 0 Å². The van der Waals surface area contributed by atoms with E-state index in [4.69, 9.17) is 10.6 Å². The SMILES string of the molecule is COc1ccc(C(CCc2ccnn2C)NN)c(F)c1. The third kappa shape index (κ3) is 3.15. The molecule has 1 atom stereocenters. The molecule has 0 aliphatic carbocycles. The lowest BCUT2D eigenvalue weighted by molar-refractivity contribution is 0.408. The molecule has 108 valence electrons. The minimum Gasteiger partial charge on any atom is -0.497 e. The zero-order chi connectivity index (χ0) is 14.5. The summed E-state index contributed by atoms with van der Waals surface area (Å²) < 4.78 is 20.8. The largest absolute Gasteiger partial charge is 0.497 e. The average Bonchev–Trinajstić information content (AvgIpc) is 2.86. The Hall–Kier alpha value is -1.92. The molecule has 1 unspecified atom stereocenters. The van der Waals surface area contributed by atoms with Crippen LogP contribution in [-0.4, -0.2) is 16.9 Å². The lowest BCUT2D eigenvalue weighted by Gasteiger charge is -2.17. The van der Waals surface area contributed by atoms with Crippen molar-refractivity contribution in [2.24, 2.45) is 12.9 Å². The Morgan fingerprint density at radius 2 is 2.25 bits per heavy atom. The van der Waals surface area contributed by atoms with Crippen LogP contribution in [0.15, 0.2) is 30.5 Å². The highest BCUT2D eigenvalue weighted by molar-refractivity contribution is 5.30. The number of ether oxygens (including phenoxy) is 1. The topological polar surface area (TPSA) is 65.1 Å². The number of halogens is 1. The second-order valence-corrected chi connectivity index (χ2v) is 4.59. The van der Waals surface area contributed by atoms with Crippen molar-refractivity contribution in [3.63, 3.8) is 0 Å². The summed E-state index contributed by atoms with van der Waals surface area (Å²) >= 11 is 0. The van der Waals surface area contributed by atoms with Gasteiger partial charge in [0.05, 0.1) is 7.11 Å². The molecule has 20 heavy (non-hydrogen) atoms. The number of benzene rings is 1. The van der Waals surface area contributed by atoms with E-state index < -0.39 is 0 Å². The molecule has 5 nitrogen and oxygen atoms in total. The summed E-state index contributed by atoms with van der Waals surface area (Å²) in [7, 11) is 3.39. The highest BCUT2D eigenvalue weighted by atomic mass is 19.1. The van der Waals surface area contributed by atoms with E-state index in [2.05, 4.69) is 10.5 Å². The van der Waals surface area contributed by atoms with E-state index in [0.29, 0.717) is 17.7 Å². The zero-order valence-corrected chi connectivity index (χ0v) is 11.6. The van der Waals surface area contributed by atoms with Gasteiger partial charge < -0.3 is 4.74 Å². The van der Waals surface area contributed by atoms with Gasteiger partial charge in [-0.05, 0) is 25.0 Å². The Labute approximate surface area is 117 Å². The van der Waals surface area contributed by atoms with E-state index in [-0.39, 0.29) is 11.9 Å². The van der Waals surface area contributed by atoms with Gasteiger partial charge in [-0.1, -0.05) is 6.07 Å². The number of hydrogen-bond acceptors (Lipinski definition) is 4. The molecule has 0 spiro atoms. The number of aryl methyl sites for hydroxylation is 2. The van der Waals surface area contributed by atoms with E-state index in [9.17, 15) is 4.39 Å². The van der Waals surface area contributed by atoms with Crippen molar-refractivity contribution < 1.29 is 9.13 Å². The van der Waals surface area contributed by atoms with Crippen molar-refractivity contribution in [3.05, 3.63) is 47.5 Å². The number of hydrazine groups is 1. The van der Waals surface area contributed by atoms with E-state index in [1.54, 1.807) is 23.0 Å². The molecule has 0 radical (unpaired) electrons. The lowest BCUT2D eigenvalue weighted by Crippen LogP contribution is -2.29. The van der Waals surface area contributed by atoms with Crippen LogP contribution in [0.4, 0.5) is 4.39 Å². The van der Waals surface area contributed by atoms with Crippen LogP contribution >= 0.6 is 0 Å².